The first-order valence-electron chi connectivity index (χ1n) is 6.36. The third-order valence-electron chi connectivity index (χ3n) is 2.41. The number of benzene rings is 1. The van der Waals surface area contributed by atoms with Crippen LogP contribution in [-0.2, 0) is 9.53 Å². The van der Waals surface area contributed by atoms with Crippen molar-refractivity contribution in [2.75, 3.05) is 6.54 Å². The van der Waals surface area contributed by atoms with Gasteiger partial charge in [0.15, 0.2) is 0 Å². The number of rotatable bonds is 6. The summed E-state index contributed by atoms with van der Waals surface area (Å²) in [6, 6.07) is 4.27. The lowest BCUT2D eigenvalue weighted by Crippen LogP contribution is -2.25. The number of hydrogen-bond donors (Lipinski definition) is 2. The molecule has 1 amide bonds. The minimum atomic E-state index is -0.406. The number of nitrogens with one attached hydrogen (secondary N) is 1. The predicted octanol–water partition coefficient (Wildman–Crippen LogP) is 2.51. The Bertz CT molecular complexity index is 488. The normalized spacial score (nSPS) is 10.4. The van der Waals surface area contributed by atoms with Crippen molar-refractivity contribution in [3.63, 3.8) is 0 Å². The Hall–Kier alpha value is -1.75. The first-order valence-corrected chi connectivity index (χ1v) is 6.74. The SMILES string of the molecule is CC(C)OC(=O)CCCNC(=O)c1ccc(Cl)cc1O. The Morgan fingerprint density at radius 1 is 1.40 bits per heavy atom. The second-order valence-corrected chi connectivity index (χ2v) is 5.00. The summed E-state index contributed by atoms with van der Waals surface area (Å²) in [7, 11) is 0. The van der Waals surface area contributed by atoms with E-state index >= 15 is 0 Å². The molecule has 110 valence electrons. The molecule has 0 aromatic heterocycles. The van der Waals surface area contributed by atoms with Gasteiger partial charge in [-0.1, -0.05) is 11.6 Å². The molecule has 0 saturated carbocycles. The van der Waals surface area contributed by atoms with Crippen molar-refractivity contribution in [2.45, 2.75) is 32.8 Å². The maximum Gasteiger partial charge on any atom is 0.306 e. The molecule has 1 rings (SSSR count). The zero-order chi connectivity index (χ0) is 15.1. The third-order valence-corrected chi connectivity index (χ3v) is 2.65. The molecule has 0 unspecified atom stereocenters. The zero-order valence-corrected chi connectivity index (χ0v) is 12.2. The molecule has 1 aromatic rings. The van der Waals surface area contributed by atoms with E-state index in [1.54, 1.807) is 13.8 Å². The standard InChI is InChI=1S/C14H18ClNO4/c1-9(2)20-13(18)4-3-7-16-14(19)11-6-5-10(15)8-12(11)17/h5-6,8-9,17H,3-4,7H2,1-2H3,(H,16,19). The summed E-state index contributed by atoms with van der Waals surface area (Å²) in [5, 5.41) is 12.6. The quantitative estimate of drug-likeness (QED) is 0.625. The Morgan fingerprint density at radius 2 is 2.10 bits per heavy atom. The van der Waals surface area contributed by atoms with E-state index in [9.17, 15) is 14.7 Å². The third kappa shape index (κ3) is 5.48. The van der Waals surface area contributed by atoms with Crippen LogP contribution in [0.5, 0.6) is 5.75 Å². The molecule has 6 heteroatoms. The number of carbonyl (C=O) groups excluding carboxylic acids is 2. The monoisotopic (exact) mass is 299 g/mol. The van der Waals surface area contributed by atoms with E-state index in [-0.39, 0.29) is 29.8 Å². The Balaban J connectivity index is 2.35. The van der Waals surface area contributed by atoms with Crippen molar-refractivity contribution >= 4 is 23.5 Å². The van der Waals surface area contributed by atoms with E-state index in [1.165, 1.54) is 18.2 Å². The molecule has 0 aliphatic heterocycles. The van der Waals surface area contributed by atoms with Crippen LogP contribution in [0.3, 0.4) is 0 Å². The van der Waals surface area contributed by atoms with Crippen molar-refractivity contribution in [3.05, 3.63) is 28.8 Å². The van der Waals surface area contributed by atoms with Crippen LogP contribution in [0.4, 0.5) is 0 Å². The van der Waals surface area contributed by atoms with Gasteiger partial charge < -0.3 is 15.2 Å². The summed E-state index contributed by atoms with van der Waals surface area (Å²) in [6.07, 6.45) is 0.583. The summed E-state index contributed by atoms with van der Waals surface area (Å²) < 4.78 is 4.97. The Kier molecular flexibility index (Phi) is 6.31. The summed E-state index contributed by atoms with van der Waals surface area (Å²) >= 11 is 5.68. The Morgan fingerprint density at radius 3 is 2.70 bits per heavy atom. The number of phenols is 1. The predicted molar refractivity (Wildman–Crippen MR) is 75.9 cm³/mol. The summed E-state index contributed by atoms with van der Waals surface area (Å²) in [4.78, 5) is 23.0. The molecule has 0 radical (unpaired) electrons. The smallest absolute Gasteiger partial charge is 0.306 e. The number of halogens is 1. The second-order valence-electron chi connectivity index (χ2n) is 4.56. The van der Waals surface area contributed by atoms with Crippen LogP contribution in [-0.4, -0.2) is 29.6 Å². The fraction of sp³-hybridized carbons (Fsp3) is 0.429. The summed E-state index contributed by atoms with van der Waals surface area (Å²) in [6.45, 7) is 3.89. The van der Waals surface area contributed by atoms with E-state index in [2.05, 4.69) is 5.32 Å². The molecule has 2 N–H and O–H groups in total. The lowest BCUT2D eigenvalue weighted by Gasteiger charge is -2.09. The van der Waals surface area contributed by atoms with Crippen LogP contribution >= 0.6 is 11.6 Å². The fourth-order valence-corrected chi connectivity index (χ4v) is 1.71. The van der Waals surface area contributed by atoms with Crippen LogP contribution in [0.1, 0.15) is 37.0 Å². The van der Waals surface area contributed by atoms with Gasteiger partial charge in [-0.25, -0.2) is 0 Å². The second kappa shape index (κ2) is 7.75. The molecule has 0 fully saturated rings. The fourth-order valence-electron chi connectivity index (χ4n) is 1.55. The topological polar surface area (TPSA) is 75.6 Å². The number of carbonyl (C=O) groups is 2. The number of ether oxygens (including phenoxy) is 1. The zero-order valence-electron chi connectivity index (χ0n) is 11.5. The molecule has 20 heavy (non-hydrogen) atoms. The molecular formula is C14H18ClNO4. The Labute approximate surface area is 122 Å². The van der Waals surface area contributed by atoms with E-state index in [4.69, 9.17) is 16.3 Å². The molecular weight excluding hydrogens is 282 g/mol. The van der Waals surface area contributed by atoms with Crippen LogP contribution < -0.4 is 5.32 Å². The van der Waals surface area contributed by atoms with Gasteiger partial charge >= 0.3 is 5.97 Å². The molecule has 0 atom stereocenters. The first-order chi connectivity index (χ1) is 9.40. The first kappa shape index (κ1) is 16.3. The highest BCUT2D eigenvalue weighted by atomic mass is 35.5. The number of phenolic OH excluding ortho intramolecular Hbond substituents is 1. The number of hydrogen-bond acceptors (Lipinski definition) is 4. The van der Waals surface area contributed by atoms with Crippen molar-refractivity contribution in [2.24, 2.45) is 0 Å². The van der Waals surface area contributed by atoms with Gasteiger partial charge in [0.05, 0.1) is 11.7 Å². The van der Waals surface area contributed by atoms with E-state index in [0.29, 0.717) is 18.0 Å². The highest BCUT2D eigenvalue weighted by molar-refractivity contribution is 6.30. The molecule has 5 nitrogen and oxygen atoms in total. The molecule has 0 spiro atoms. The minimum absolute atomic E-state index is 0.136. The molecule has 0 saturated heterocycles. The van der Waals surface area contributed by atoms with Crippen LogP contribution in [0.25, 0.3) is 0 Å². The molecule has 0 aliphatic rings. The summed E-state index contributed by atoms with van der Waals surface area (Å²) in [5.41, 5.74) is 0.152. The highest BCUT2D eigenvalue weighted by Gasteiger charge is 2.11. The van der Waals surface area contributed by atoms with Crippen molar-refractivity contribution in [3.8, 4) is 5.75 Å². The van der Waals surface area contributed by atoms with E-state index in [1.807, 2.05) is 0 Å². The molecule has 0 heterocycles. The number of aromatic hydroxyl groups is 1. The lowest BCUT2D eigenvalue weighted by atomic mass is 10.2. The number of esters is 1. The van der Waals surface area contributed by atoms with Crippen molar-refractivity contribution in [1.82, 2.24) is 5.32 Å². The average molecular weight is 300 g/mol. The molecule has 0 bridgehead atoms. The highest BCUT2D eigenvalue weighted by Crippen LogP contribution is 2.21. The van der Waals surface area contributed by atoms with E-state index < -0.39 is 5.91 Å². The van der Waals surface area contributed by atoms with Gasteiger partial charge in [0, 0.05) is 18.0 Å². The van der Waals surface area contributed by atoms with Gasteiger partial charge in [0.2, 0.25) is 0 Å². The van der Waals surface area contributed by atoms with Crippen LogP contribution in [0.2, 0.25) is 5.02 Å². The maximum absolute atomic E-state index is 11.8. The van der Waals surface area contributed by atoms with Gasteiger partial charge in [-0.15, -0.1) is 0 Å². The lowest BCUT2D eigenvalue weighted by molar-refractivity contribution is -0.147. The van der Waals surface area contributed by atoms with Crippen molar-refractivity contribution < 1.29 is 19.4 Å². The summed E-state index contributed by atoms with van der Waals surface area (Å²) in [5.74, 6) is -0.866. The molecule has 1 aromatic carbocycles. The van der Waals surface area contributed by atoms with Gasteiger partial charge in [-0.3, -0.25) is 9.59 Å². The van der Waals surface area contributed by atoms with E-state index in [0.717, 1.165) is 0 Å². The van der Waals surface area contributed by atoms with Gasteiger partial charge in [0.25, 0.3) is 5.91 Å². The van der Waals surface area contributed by atoms with Crippen LogP contribution in [0.15, 0.2) is 18.2 Å². The molecule has 0 aliphatic carbocycles. The van der Waals surface area contributed by atoms with Gasteiger partial charge in [0.1, 0.15) is 5.75 Å². The van der Waals surface area contributed by atoms with Gasteiger partial charge in [-0.2, -0.15) is 0 Å². The average Bonchev–Trinajstić information content (AvgIpc) is 2.33. The van der Waals surface area contributed by atoms with Crippen LogP contribution in [0, 0.1) is 0 Å². The largest absolute Gasteiger partial charge is 0.507 e. The minimum Gasteiger partial charge on any atom is -0.507 e. The van der Waals surface area contributed by atoms with Gasteiger partial charge in [-0.05, 0) is 38.5 Å². The van der Waals surface area contributed by atoms with Crippen molar-refractivity contribution in [1.29, 1.82) is 0 Å². The number of amides is 1. The maximum atomic E-state index is 11.8.